The number of carbonyl (C=O) groups excluding carboxylic acids is 3. The van der Waals surface area contributed by atoms with Gasteiger partial charge in [0.25, 0.3) is 5.91 Å². The first kappa shape index (κ1) is 19.5. The van der Waals surface area contributed by atoms with Gasteiger partial charge in [-0.3, -0.25) is 14.5 Å². The Morgan fingerprint density at radius 3 is 2.59 bits per heavy atom. The topological polar surface area (TPSA) is 91.7 Å². The second kappa shape index (κ2) is 7.89. The summed E-state index contributed by atoms with van der Waals surface area (Å²) in [6, 6.07) is 8.71. The number of furan rings is 1. The molecule has 154 valence electrons. The number of nitrogens with one attached hydrogen (secondary N) is 2. The van der Waals surface area contributed by atoms with Crippen LogP contribution in [0.4, 0.5) is 4.79 Å². The third kappa shape index (κ3) is 3.86. The number of benzene rings is 1. The summed E-state index contributed by atoms with van der Waals surface area (Å²) in [6.07, 6.45) is 7.72. The van der Waals surface area contributed by atoms with E-state index < -0.39 is 17.5 Å². The number of amides is 4. The smallest absolute Gasteiger partial charge is 0.325 e. The summed E-state index contributed by atoms with van der Waals surface area (Å²) in [5, 5.41) is 6.56. The molecule has 1 atom stereocenters. The fourth-order valence-electron chi connectivity index (χ4n) is 4.25. The monoisotopic (exact) mass is 397 g/mol. The van der Waals surface area contributed by atoms with Crippen molar-refractivity contribution in [3.8, 4) is 0 Å². The molecule has 2 aromatic rings. The van der Waals surface area contributed by atoms with Crippen LogP contribution in [0, 0.1) is 0 Å². The van der Waals surface area contributed by atoms with E-state index in [9.17, 15) is 14.4 Å². The molecular formula is C22H27N3O4. The zero-order chi connectivity index (χ0) is 20.4. The molecular weight excluding hydrogens is 370 g/mol. The van der Waals surface area contributed by atoms with E-state index in [1.807, 2.05) is 24.3 Å². The number of fused-ring (bicyclic) bond motifs is 1. The molecule has 2 fully saturated rings. The van der Waals surface area contributed by atoms with E-state index in [0.29, 0.717) is 11.3 Å². The summed E-state index contributed by atoms with van der Waals surface area (Å²) in [7, 11) is 0. The minimum atomic E-state index is -1.32. The van der Waals surface area contributed by atoms with Crippen molar-refractivity contribution in [2.24, 2.45) is 0 Å². The van der Waals surface area contributed by atoms with Gasteiger partial charge in [0.1, 0.15) is 17.9 Å². The van der Waals surface area contributed by atoms with Gasteiger partial charge in [0.05, 0.1) is 0 Å². The molecule has 1 aromatic carbocycles. The first-order valence-corrected chi connectivity index (χ1v) is 10.4. The van der Waals surface area contributed by atoms with Gasteiger partial charge in [0, 0.05) is 11.4 Å². The van der Waals surface area contributed by atoms with Crippen LogP contribution in [0.2, 0.25) is 0 Å². The van der Waals surface area contributed by atoms with Crippen LogP contribution in [0.25, 0.3) is 11.0 Å². The molecule has 0 radical (unpaired) electrons. The van der Waals surface area contributed by atoms with Crippen molar-refractivity contribution in [1.82, 2.24) is 15.5 Å². The van der Waals surface area contributed by atoms with Gasteiger partial charge in [-0.1, -0.05) is 50.3 Å². The van der Waals surface area contributed by atoms with Crippen molar-refractivity contribution in [3.63, 3.8) is 0 Å². The van der Waals surface area contributed by atoms with Crippen LogP contribution in [-0.2, 0) is 15.1 Å². The molecule has 1 aromatic heterocycles. The highest BCUT2D eigenvalue weighted by Crippen LogP contribution is 2.33. The molecule has 7 nitrogen and oxygen atoms in total. The molecule has 2 aliphatic rings. The maximum Gasteiger partial charge on any atom is 0.325 e. The van der Waals surface area contributed by atoms with Crippen LogP contribution >= 0.6 is 0 Å². The predicted octanol–water partition coefficient (Wildman–Crippen LogP) is 3.43. The second-order valence-corrected chi connectivity index (χ2v) is 8.20. The number of hydrogen-bond acceptors (Lipinski definition) is 4. The predicted molar refractivity (Wildman–Crippen MR) is 108 cm³/mol. The van der Waals surface area contributed by atoms with Crippen molar-refractivity contribution in [1.29, 1.82) is 0 Å². The average molecular weight is 397 g/mol. The molecule has 0 bridgehead atoms. The van der Waals surface area contributed by atoms with E-state index in [2.05, 4.69) is 10.6 Å². The Labute approximate surface area is 169 Å². The summed E-state index contributed by atoms with van der Waals surface area (Å²) in [6.45, 7) is 1.33. The largest absolute Gasteiger partial charge is 0.458 e. The molecule has 7 heteroatoms. The highest BCUT2D eigenvalue weighted by atomic mass is 16.3. The van der Waals surface area contributed by atoms with Gasteiger partial charge in [-0.25, -0.2) is 4.79 Å². The van der Waals surface area contributed by atoms with E-state index in [-0.39, 0.29) is 18.5 Å². The molecule has 0 spiro atoms. The third-order valence-corrected chi connectivity index (χ3v) is 5.97. The van der Waals surface area contributed by atoms with Gasteiger partial charge < -0.3 is 15.1 Å². The molecule has 1 aliphatic heterocycles. The van der Waals surface area contributed by atoms with Crippen LogP contribution in [0.3, 0.4) is 0 Å². The molecule has 1 saturated heterocycles. The maximum absolute atomic E-state index is 13.0. The van der Waals surface area contributed by atoms with Crippen molar-refractivity contribution in [3.05, 3.63) is 36.1 Å². The Bertz CT molecular complexity index is 896. The molecule has 29 heavy (non-hydrogen) atoms. The number of urea groups is 1. The molecule has 1 saturated carbocycles. The van der Waals surface area contributed by atoms with E-state index >= 15 is 0 Å². The number of carbonyl (C=O) groups is 3. The SMILES string of the molecule is CC1(c2cc3ccccc3o2)NC(=O)N(CC(=O)NC2CCCCCCC2)C1=O. The molecule has 1 aliphatic carbocycles. The highest BCUT2D eigenvalue weighted by Gasteiger charge is 2.51. The molecule has 4 amide bonds. The molecule has 1 unspecified atom stereocenters. The lowest BCUT2D eigenvalue weighted by atomic mass is 9.96. The lowest BCUT2D eigenvalue weighted by molar-refractivity contribution is -0.135. The van der Waals surface area contributed by atoms with Gasteiger partial charge >= 0.3 is 6.03 Å². The van der Waals surface area contributed by atoms with Crippen molar-refractivity contribution >= 4 is 28.8 Å². The fraction of sp³-hybridized carbons (Fsp3) is 0.500. The van der Waals surface area contributed by atoms with Crippen LogP contribution in [-0.4, -0.2) is 35.3 Å². The van der Waals surface area contributed by atoms with E-state index in [1.54, 1.807) is 13.0 Å². The summed E-state index contributed by atoms with van der Waals surface area (Å²) in [5.74, 6) is -0.415. The highest BCUT2D eigenvalue weighted by molar-refractivity contribution is 6.09. The Morgan fingerprint density at radius 2 is 1.86 bits per heavy atom. The van der Waals surface area contributed by atoms with Crippen LogP contribution in [0.5, 0.6) is 0 Å². The molecule has 4 rings (SSSR count). The molecule has 2 N–H and O–H groups in total. The standard InChI is InChI=1S/C22H27N3O4/c1-22(18-13-15-9-7-8-12-17(15)29-18)20(27)25(21(28)24-22)14-19(26)23-16-10-5-3-2-4-6-11-16/h7-9,12-13,16H,2-6,10-11,14H2,1H3,(H,23,26)(H,24,28). The van der Waals surface area contributed by atoms with Gasteiger partial charge in [-0.15, -0.1) is 0 Å². The fourth-order valence-corrected chi connectivity index (χ4v) is 4.25. The summed E-state index contributed by atoms with van der Waals surface area (Å²) in [4.78, 5) is 39.0. The number of rotatable bonds is 4. The van der Waals surface area contributed by atoms with Gasteiger partial charge in [-0.2, -0.15) is 0 Å². The van der Waals surface area contributed by atoms with Crippen molar-refractivity contribution in [2.45, 2.75) is 63.5 Å². The van der Waals surface area contributed by atoms with Crippen LogP contribution in [0.15, 0.2) is 34.7 Å². The van der Waals surface area contributed by atoms with Crippen LogP contribution < -0.4 is 10.6 Å². The van der Waals surface area contributed by atoms with E-state index in [0.717, 1.165) is 36.0 Å². The zero-order valence-corrected chi connectivity index (χ0v) is 16.7. The third-order valence-electron chi connectivity index (χ3n) is 5.97. The lowest BCUT2D eigenvalue weighted by Crippen LogP contribution is -2.45. The average Bonchev–Trinajstić information content (AvgIpc) is 3.20. The Hall–Kier alpha value is -2.83. The van der Waals surface area contributed by atoms with Crippen LogP contribution in [0.1, 0.15) is 57.6 Å². The minimum absolute atomic E-state index is 0.116. The quantitative estimate of drug-likeness (QED) is 0.773. The number of imide groups is 1. The van der Waals surface area contributed by atoms with Crippen molar-refractivity contribution in [2.75, 3.05) is 6.54 Å². The minimum Gasteiger partial charge on any atom is -0.458 e. The number of hydrogen-bond donors (Lipinski definition) is 2. The Morgan fingerprint density at radius 1 is 1.17 bits per heavy atom. The summed E-state index contributed by atoms with van der Waals surface area (Å²) in [5.41, 5.74) is -0.678. The first-order chi connectivity index (χ1) is 14.0. The number of nitrogens with zero attached hydrogens (tertiary/aromatic N) is 1. The lowest BCUT2D eigenvalue weighted by Gasteiger charge is -2.22. The normalized spacial score (nSPS) is 23.7. The summed E-state index contributed by atoms with van der Waals surface area (Å²) < 4.78 is 5.81. The number of para-hydroxylation sites is 1. The van der Waals surface area contributed by atoms with E-state index in [1.165, 1.54) is 19.3 Å². The first-order valence-electron chi connectivity index (χ1n) is 10.4. The Balaban J connectivity index is 1.45. The van der Waals surface area contributed by atoms with Gasteiger partial charge in [0.15, 0.2) is 5.54 Å². The van der Waals surface area contributed by atoms with Gasteiger partial charge in [-0.05, 0) is 31.9 Å². The molecule has 2 heterocycles. The second-order valence-electron chi connectivity index (χ2n) is 8.20. The van der Waals surface area contributed by atoms with Crippen molar-refractivity contribution < 1.29 is 18.8 Å². The van der Waals surface area contributed by atoms with E-state index in [4.69, 9.17) is 4.42 Å². The van der Waals surface area contributed by atoms with Gasteiger partial charge in [0.2, 0.25) is 5.91 Å². The maximum atomic E-state index is 13.0. The Kier molecular flexibility index (Phi) is 5.30. The summed E-state index contributed by atoms with van der Waals surface area (Å²) >= 11 is 0. The zero-order valence-electron chi connectivity index (χ0n) is 16.7.